The van der Waals surface area contributed by atoms with Crippen LogP contribution in [0.25, 0.3) is 76.7 Å². The molecule has 0 bridgehead atoms. The molecule has 0 saturated carbocycles. The van der Waals surface area contributed by atoms with E-state index in [1.165, 1.54) is 59.9 Å². The number of hydrogen-bond donors (Lipinski definition) is 0. The highest BCUT2D eigenvalue weighted by molar-refractivity contribution is 6.21. The van der Waals surface area contributed by atoms with E-state index in [0.717, 1.165) is 16.8 Å². The highest BCUT2D eigenvalue weighted by Crippen LogP contribution is 2.40. The summed E-state index contributed by atoms with van der Waals surface area (Å²) in [5, 5.41) is 7.51. The zero-order valence-corrected chi connectivity index (χ0v) is 21.6. The second-order valence-electron chi connectivity index (χ2n) is 10.5. The summed E-state index contributed by atoms with van der Waals surface area (Å²) in [7, 11) is 0. The number of pyridine rings is 2. The van der Waals surface area contributed by atoms with Gasteiger partial charge in [0.05, 0.1) is 39.5 Å². The zero-order valence-electron chi connectivity index (χ0n) is 21.6. The van der Waals surface area contributed by atoms with Crippen LogP contribution in [0.4, 0.5) is 0 Å². The largest absolute Gasteiger partial charge is 0.309 e. The molecule has 0 saturated heterocycles. The van der Waals surface area contributed by atoms with Gasteiger partial charge in [0.2, 0.25) is 0 Å². The van der Waals surface area contributed by atoms with Crippen molar-refractivity contribution in [3.63, 3.8) is 0 Å². The summed E-state index contributed by atoms with van der Waals surface area (Å²) in [5.41, 5.74) is 9.39. The standard InChI is InChI=1S/C37H23N3/c1-2-10-24(11-3-1)26-18-27(23-38-22-26)39-34-17-9-7-15-30(34)32-21-37-31(20-36(32)39)28-13-5-6-14-29(28)35-19-25-12-4-8-16-33(25)40(35)37/h1-23H. The van der Waals surface area contributed by atoms with Crippen LogP contribution in [0.2, 0.25) is 0 Å². The van der Waals surface area contributed by atoms with Crippen LogP contribution in [0.5, 0.6) is 0 Å². The molecule has 0 amide bonds. The third-order valence-corrected chi connectivity index (χ3v) is 8.32. The molecule has 9 rings (SSSR count). The van der Waals surface area contributed by atoms with Gasteiger partial charge in [-0.1, -0.05) is 91.0 Å². The Morgan fingerprint density at radius 2 is 1.02 bits per heavy atom. The highest BCUT2D eigenvalue weighted by Gasteiger charge is 2.18. The monoisotopic (exact) mass is 509 g/mol. The number of rotatable bonds is 2. The lowest BCUT2D eigenvalue weighted by Crippen LogP contribution is -1.96. The van der Waals surface area contributed by atoms with E-state index in [9.17, 15) is 0 Å². The molecule has 9 aromatic rings. The maximum atomic E-state index is 4.69. The Morgan fingerprint density at radius 1 is 0.400 bits per heavy atom. The number of fused-ring (bicyclic) bond motifs is 11. The number of nitrogens with zero attached hydrogens (tertiary/aromatic N) is 3. The molecular weight excluding hydrogens is 486 g/mol. The first-order chi connectivity index (χ1) is 19.8. The number of para-hydroxylation sites is 2. The predicted molar refractivity (Wildman–Crippen MR) is 167 cm³/mol. The molecule has 4 heterocycles. The normalized spacial score (nSPS) is 12.0. The van der Waals surface area contributed by atoms with Gasteiger partial charge in [-0.25, -0.2) is 0 Å². The number of benzene rings is 5. The average Bonchev–Trinajstić information content (AvgIpc) is 3.57. The van der Waals surface area contributed by atoms with Crippen molar-refractivity contribution in [3.05, 3.63) is 140 Å². The van der Waals surface area contributed by atoms with E-state index in [1.807, 2.05) is 18.5 Å². The number of aromatic nitrogens is 3. The highest BCUT2D eigenvalue weighted by atomic mass is 15.0. The fourth-order valence-electron chi connectivity index (χ4n) is 6.58. The van der Waals surface area contributed by atoms with Crippen LogP contribution in [-0.4, -0.2) is 14.0 Å². The first-order valence-corrected chi connectivity index (χ1v) is 13.6. The minimum absolute atomic E-state index is 1.06. The first-order valence-electron chi connectivity index (χ1n) is 13.6. The van der Waals surface area contributed by atoms with Gasteiger partial charge in [0.25, 0.3) is 0 Å². The van der Waals surface area contributed by atoms with Gasteiger partial charge in [-0.15, -0.1) is 0 Å². The van der Waals surface area contributed by atoms with Gasteiger partial charge >= 0.3 is 0 Å². The van der Waals surface area contributed by atoms with Crippen LogP contribution in [-0.2, 0) is 0 Å². The van der Waals surface area contributed by atoms with Crippen molar-refractivity contribution in [1.82, 2.24) is 14.0 Å². The molecular formula is C37H23N3. The maximum absolute atomic E-state index is 4.69. The van der Waals surface area contributed by atoms with Crippen molar-refractivity contribution < 1.29 is 0 Å². The molecule has 0 fully saturated rings. The minimum Gasteiger partial charge on any atom is -0.309 e. The topological polar surface area (TPSA) is 22.2 Å². The summed E-state index contributed by atoms with van der Waals surface area (Å²) in [6, 6.07) is 46.0. The van der Waals surface area contributed by atoms with Gasteiger partial charge in [0.15, 0.2) is 0 Å². The molecule has 0 spiro atoms. The van der Waals surface area contributed by atoms with Crippen LogP contribution in [0.3, 0.4) is 0 Å². The van der Waals surface area contributed by atoms with Crippen molar-refractivity contribution >= 4 is 59.9 Å². The first kappa shape index (κ1) is 21.5. The van der Waals surface area contributed by atoms with Crippen molar-refractivity contribution in [2.75, 3.05) is 0 Å². The lowest BCUT2D eigenvalue weighted by Gasteiger charge is -2.13. The lowest BCUT2D eigenvalue weighted by atomic mass is 10.0. The smallest absolute Gasteiger partial charge is 0.0651 e. The van der Waals surface area contributed by atoms with E-state index in [2.05, 4.69) is 135 Å². The Morgan fingerprint density at radius 3 is 1.88 bits per heavy atom. The van der Waals surface area contributed by atoms with Crippen LogP contribution in [0.15, 0.2) is 140 Å². The van der Waals surface area contributed by atoms with Gasteiger partial charge in [0.1, 0.15) is 0 Å². The Kier molecular flexibility index (Phi) is 4.33. The van der Waals surface area contributed by atoms with Gasteiger partial charge in [-0.05, 0) is 47.3 Å². The third kappa shape index (κ3) is 2.92. The molecule has 3 heteroatoms. The number of hydrogen-bond acceptors (Lipinski definition) is 1. The summed E-state index contributed by atoms with van der Waals surface area (Å²) in [5.74, 6) is 0. The van der Waals surface area contributed by atoms with Crippen LogP contribution < -0.4 is 0 Å². The van der Waals surface area contributed by atoms with Crippen molar-refractivity contribution in [3.8, 4) is 16.8 Å². The van der Waals surface area contributed by atoms with E-state index >= 15 is 0 Å². The molecule has 3 nitrogen and oxygen atoms in total. The molecule has 0 aliphatic heterocycles. The molecule has 186 valence electrons. The Bertz CT molecular complexity index is 2430. The fraction of sp³-hybridized carbons (Fsp3) is 0. The Labute approximate surface area is 230 Å². The molecule has 5 aromatic carbocycles. The van der Waals surface area contributed by atoms with Crippen LogP contribution in [0, 0.1) is 0 Å². The van der Waals surface area contributed by atoms with Gasteiger partial charge < -0.3 is 8.97 Å². The second-order valence-corrected chi connectivity index (χ2v) is 10.5. The summed E-state index contributed by atoms with van der Waals surface area (Å²) in [6.45, 7) is 0. The Hall–Kier alpha value is -5.41. The summed E-state index contributed by atoms with van der Waals surface area (Å²) < 4.78 is 4.81. The van der Waals surface area contributed by atoms with Gasteiger partial charge in [-0.3, -0.25) is 4.98 Å². The van der Waals surface area contributed by atoms with Gasteiger partial charge in [-0.2, -0.15) is 0 Å². The van der Waals surface area contributed by atoms with Crippen molar-refractivity contribution in [2.24, 2.45) is 0 Å². The quantitative estimate of drug-likeness (QED) is 0.213. The van der Waals surface area contributed by atoms with E-state index in [1.54, 1.807) is 0 Å². The summed E-state index contributed by atoms with van der Waals surface area (Å²) >= 11 is 0. The van der Waals surface area contributed by atoms with Gasteiger partial charge in [0, 0.05) is 38.7 Å². The molecule has 0 aliphatic rings. The zero-order chi connectivity index (χ0) is 26.2. The fourth-order valence-corrected chi connectivity index (χ4v) is 6.58. The Balaban J connectivity index is 1.46. The molecule has 0 unspecified atom stereocenters. The third-order valence-electron chi connectivity index (χ3n) is 8.32. The van der Waals surface area contributed by atoms with E-state index < -0.39 is 0 Å². The second kappa shape index (κ2) is 8.05. The molecule has 0 radical (unpaired) electrons. The average molecular weight is 510 g/mol. The van der Waals surface area contributed by atoms with E-state index in [4.69, 9.17) is 0 Å². The van der Waals surface area contributed by atoms with Crippen LogP contribution >= 0.6 is 0 Å². The van der Waals surface area contributed by atoms with E-state index in [-0.39, 0.29) is 0 Å². The lowest BCUT2D eigenvalue weighted by molar-refractivity contribution is 1.14. The summed E-state index contributed by atoms with van der Waals surface area (Å²) in [6.07, 6.45) is 3.92. The van der Waals surface area contributed by atoms with Crippen molar-refractivity contribution in [1.29, 1.82) is 0 Å². The summed E-state index contributed by atoms with van der Waals surface area (Å²) in [4.78, 5) is 4.69. The molecule has 4 aromatic heterocycles. The minimum atomic E-state index is 1.06. The van der Waals surface area contributed by atoms with Crippen molar-refractivity contribution in [2.45, 2.75) is 0 Å². The predicted octanol–water partition coefficient (Wildman–Crippen LogP) is 9.56. The SMILES string of the molecule is c1ccc(-c2cncc(-n3c4ccccc4c4cc5c(cc43)c3ccccc3c3cc4ccccc4n35)c2)cc1. The molecule has 0 aliphatic carbocycles. The van der Waals surface area contributed by atoms with Crippen LogP contribution in [0.1, 0.15) is 0 Å². The molecule has 0 N–H and O–H groups in total. The molecule has 40 heavy (non-hydrogen) atoms. The maximum Gasteiger partial charge on any atom is 0.0651 e. The van der Waals surface area contributed by atoms with E-state index in [0.29, 0.717) is 0 Å². The molecule has 0 atom stereocenters.